The number of carbonyl (C=O) groups excluding carboxylic acids is 1. The van der Waals surface area contributed by atoms with Crippen LogP contribution in [0.25, 0.3) is 11.0 Å². The predicted octanol–water partition coefficient (Wildman–Crippen LogP) is 2.14. The zero-order valence-corrected chi connectivity index (χ0v) is 10.7. The number of carbonyl (C=O) groups is 1. The van der Waals surface area contributed by atoms with Crippen molar-refractivity contribution in [3.63, 3.8) is 0 Å². The number of nitrogens with one attached hydrogen (secondary N) is 2. The Balaban J connectivity index is 2.36. The lowest BCUT2D eigenvalue weighted by Gasteiger charge is -2.03. The number of aromatic amines is 1. The summed E-state index contributed by atoms with van der Waals surface area (Å²) in [6.07, 6.45) is 0.436. The summed E-state index contributed by atoms with van der Waals surface area (Å²) in [5.74, 6) is 0.0216. The molecule has 4 nitrogen and oxygen atoms in total. The molecule has 0 aliphatic carbocycles. The number of aromatic nitrogens is 2. The Bertz CT molecular complexity index is 612. The van der Waals surface area contributed by atoms with Crippen LogP contribution in [0.1, 0.15) is 12.0 Å². The summed E-state index contributed by atoms with van der Waals surface area (Å²) in [7, 11) is 1.64. The molecule has 90 valence electrons. The normalized spacial score (nSPS) is 10.7. The molecule has 2 aromatic rings. The number of fused-ring (bicyclic) bond motifs is 1. The fourth-order valence-electron chi connectivity index (χ4n) is 1.84. The average molecular weight is 249 g/mol. The van der Waals surface area contributed by atoms with Crippen molar-refractivity contribution in [3.05, 3.63) is 28.5 Å². The third-order valence-electron chi connectivity index (χ3n) is 2.77. The van der Waals surface area contributed by atoms with Crippen molar-refractivity contribution in [2.45, 2.75) is 19.9 Å². The maximum absolute atomic E-state index is 11.2. The zero-order valence-electron chi connectivity index (χ0n) is 9.91. The highest BCUT2D eigenvalue weighted by molar-refractivity contribution is 7.71. The molecule has 17 heavy (non-hydrogen) atoms. The second-order valence-corrected chi connectivity index (χ2v) is 4.41. The van der Waals surface area contributed by atoms with Gasteiger partial charge in [-0.05, 0) is 36.8 Å². The van der Waals surface area contributed by atoms with Crippen LogP contribution >= 0.6 is 12.2 Å². The molecule has 2 rings (SSSR count). The van der Waals surface area contributed by atoms with Gasteiger partial charge in [0.1, 0.15) is 0 Å². The molecule has 1 aromatic carbocycles. The van der Waals surface area contributed by atoms with Crippen LogP contribution in [0, 0.1) is 11.7 Å². The van der Waals surface area contributed by atoms with Crippen molar-refractivity contribution in [2.75, 3.05) is 7.05 Å². The number of H-pyrrole nitrogens is 1. The molecule has 0 saturated heterocycles. The van der Waals surface area contributed by atoms with E-state index >= 15 is 0 Å². The van der Waals surface area contributed by atoms with Crippen LogP contribution in [0.3, 0.4) is 0 Å². The van der Waals surface area contributed by atoms with E-state index in [2.05, 4.69) is 16.4 Å². The van der Waals surface area contributed by atoms with Gasteiger partial charge in [-0.3, -0.25) is 4.79 Å². The van der Waals surface area contributed by atoms with E-state index in [1.54, 1.807) is 7.05 Å². The third kappa shape index (κ3) is 2.39. The summed E-state index contributed by atoms with van der Waals surface area (Å²) in [6, 6.07) is 6.13. The predicted molar refractivity (Wildman–Crippen MR) is 70.5 cm³/mol. The molecule has 0 unspecified atom stereocenters. The lowest BCUT2D eigenvalue weighted by molar-refractivity contribution is -0.120. The van der Waals surface area contributed by atoms with E-state index in [-0.39, 0.29) is 5.91 Å². The molecule has 0 atom stereocenters. The van der Waals surface area contributed by atoms with Gasteiger partial charge in [0.25, 0.3) is 0 Å². The van der Waals surface area contributed by atoms with Gasteiger partial charge in [0, 0.05) is 20.0 Å². The van der Waals surface area contributed by atoms with Crippen LogP contribution in [0.4, 0.5) is 0 Å². The Morgan fingerprint density at radius 3 is 3.00 bits per heavy atom. The zero-order chi connectivity index (χ0) is 12.4. The summed E-state index contributed by atoms with van der Waals surface area (Å²) < 4.78 is 2.62. The van der Waals surface area contributed by atoms with Gasteiger partial charge in [-0.2, -0.15) is 0 Å². The highest BCUT2D eigenvalue weighted by Gasteiger charge is 2.06. The van der Waals surface area contributed by atoms with Crippen LogP contribution in [0.5, 0.6) is 0 Å². The molecular formula is C12H15N3OS. The number of nitrogens with zero attached hydrogens (tertiary/aromatic N) is 1. The summed E-state index contributed by atoms with van der Waals surface area (Å²) in [6.45, 7) is 2.64. The van der Waals surface area contributed by atoms with Crippen molar-refractivity contribution >= 4 is 29.2 Å². The van der Waals surface area contributed by atoms with E-state index in [0.29, 0.717) is 17.7 Å². The smallest absolute Gasteiger partial charge is 0.221 e. The standard InChI is InChI=1S/C12H15N3OS/c1-8-3-4-10-9(7-8)14-12(17)15(10)6-5-11(16)13-2/h3-4,7H,5-6H2,1-2H3,(H,13,16)(H,14,17). The number of rotatable bonds is 3. The Morgan fingerprint density at radius 1 is 1.53 bits per heavy atom. The number of hydrogen-bond donors (Lipinski definition) is 2. The SMILES string of the molecule is CNC(=O)CCn1c(=S)[nH]c2cc(C)ccc21. The average Bonchev–Trinajstić information content (AvgIpc) is 2.61. The molecule has 1 amide bonds. The van der Waals surface area contributed by atoms with Gasteiger partial charge >= 0.3 is 0 Å². The van der Waals surface area contributed by atoms with Crippen LogP contribution in [-0.2, 0) is 11.3 Å². The Morgan fingerprint density at radius 2 is 2.29 bits per heavy atom. The van der Waals surface area contributed by atoms with Gasteiger partial charge in [0.15, 0.2) is 4.77 Å². The summed E-state index contributed by atoms with van der Waals surface area (Å²) in [5.41, 5.74) is 3.25. The van der Waals surface area contributed by atoms with E-state index in [4.69, 9.17) is 12.2 Å². The van der Waals surface area contributed by atoms with Gasteiger partial charge in [-0.1, -0.05) is 6.07 Å². The highest BCUT2D eigenvalue weighted by Crippen LogP contribution is 2.16. The topological polar surface area (TPSA) is 49.8 Å². The van der Waals surface area contributed by atoms with E-state index in [1.165, 1.54) is 5.56 Å². The Hall–Kier alpha value is -1.62. The summed E-state index contributed by atoms with van der Waals surface area (Å²) in [5, 5.41) is 2.61. The maximum Gasteiger partial charge on any atom is 0.221 e. The minimum atomic E-state index is 0.0216. The van der Waals surface area contributed by atoms with E-state index < -0.39 is 0 Å². The quantitative estimate of drug-likeness (QED) is 0.819. The number of amides is 1. The first-order valence-electron chi connectivity index (χ1n) is 5.51. The largest absolute Gasteiger partial charge is 0.359 e. The van der Waals surface area contributed by atoms with Crippen molar-refractivity contribution in [1.82, 2.24) is 14.9 Å². The van der Waals surface area contributed by atoms with Crippen molar-refractivity contribution in [1.29, 1.82) is 0 Å². The van der Waals surface area contributed by atoms with Gasteiger partial charge in [-0.25, -0.2) is 0 Å². The molecule has 0 spiro atoms. The van der Waals surface area contributed by atoms with E-state index in [0.717, 1.165) is 11.0 Å². The van der Waals surface area contributed by atoms with Crippen LogP contribution in [0.2, 0.25) is 0 Å². The lowest BCUT2D eigenvalue weighted by Crippen LogP contribution is -2.19. The molecule has 5 heteroatoms. The van der Waals surface area contributed by atoms with Crippen molar-refractivity contribution < 1.29 is 4.79 Å². The molecule has 0 saturated carbocycles. The molecular weight excluding hydrogens is 234 g/mol. The fraction of sp³-hybridized carbons (Fsp3) is 0.333. The maximum atomic E-state index is 11.2. The van der Waals surface area contributed by atoms with E-state index in [1.807, 2.05) is 23.6 Å². The Kier molecular flexibility index (Phi) is 3.28. The highest BCUT2D eigenvalue weighted by atomic mass is 32.1. The van der Waals surface area contributed by atoms with Gasteiger partial charge < -0.3 is 14.9 Å². The van der Waals surface area contributed by atoms with Gasteiger partial charge in [0.05, 0.1) is 11.0 Å². The molecule has 0 bridgehead atoms. The molecule has 1 aromatic heterocycles. The van der Waals surface area contributed by atoms with Crippen LogP contribution in [0.15, 0.2) is 18.2 Å². The number of aryl methyl sites for hydroxylation is 2. The molecule has 0 aliphatic rings. The Labute approximate surface area is 105 Å². The molecule has 0 fully saturated rings. The fourth-order valence-corrected chi connectivity index (χ4v) is 2.14. The van der Waals surface area contributed by atoms with Crippen molar-refractivity contribution in [3.8, 4) is 0 Å². The molecule has 0 radical (unpaired) electrons. The first-order valence-corrected chi connectivity index (χ1v) is 5.92. The lowest BCUT2D eigenvalue weighted by atomic mass is 10.2. The number of benzene rings is 1. The van der Waals surface area contributed by atoms with Crippen LogP contribution < -0.4 is 5.32 Å². The number of imidazole rings is 1. The molecule has 1 heterocycles. The van der Waals surface area contributed by atoms with Crippen molar-refractivity contribution in [2.24, 2.45) is 0 Å². The second-order valence-electron chi connectivity index (χ2n) is 4.03. The summed E-state index contributed by atoms with van der Waals surface area (Å²) >= 11 is 5.26. The monoisotopic (exact) mass is 249 g/mol. The third-order valence-corrected chi connectivity index (χ3v) is 3.09. The molecule has 0 aliphatic heterocycles. The molecule has 2 N–H and O–H groups in total. The minimum Gasteiger partial charge on any atom is -0.359 e. The second kappa shape index (κ2) is 4.71. The minimum absolute atomic E-state index is 0.0216. The van der Waals surface area contributed by atoms with Gasteiger partial charge in [0.2, 0.25) is 5.91 Å². The van der Waals surface area contributed by atoms with Gasteiger partial charge in [-0.15, -0.1) is 0 Å². The first-order chi connectivity index (χ1) is 8.11. The number of hydrogen-bond acceptors (Lipinski definition) is 2. The first kappa shape index (κ1) is 11.9. The summed E-state index contributed by atoms with van der Waals surface area (Å²) in [4.78, 5) is 14.4. The van der Waals surface area contributed by atoms with E-state index in [9.17, 15) is 4.79 Å². The van der Waals surface area contributed by atoms with Crippen LogP contribution in [-0.4, -0.2) is 22.5 Å².